The lowest BCUT2D eigenvalue weighted by atomic mass is 10.2. The Morgan fingerprint density at radius 1 is 0.842 bits per heavy atom. The molecule has 0 saturated carbocycles. The van der Waals surface area contributed by atoms with Gasteiger partial charge in [0.1, 0.15) is 9.79 Å². The second-order valence-corrected chi connectivity index (χ2v) is 7.28. The van der Waals surface area contributed by atoms with E-state index in [1.54, 1.807) is 11.4 Å². The van der Waals surface area contributed by atoms with Crippen LogP contribution >= 0.6 is 11.3 Å². The lowest BCUT2D eigenvalue weighted by molar-refractivity contribution is 0.482. The van der Waals surface area contributed by atoms with Crippen LogP contribution < -0.4 is 0 Å². The molecular weight excluding hydrogens is 312 g/mol. The number of hydrogen-bond acceptors (Lipinski definition) is 5. The monoisotopic (exact) mass is 320 g/mol. The minimum Gasteiger partial charge on any atom is -0.282 e. The maximum absolute atomic E-state index is 11.3. The molecule has 9 heteroatoms. The van der Waals surface area contributed by atoms with E-state index in [1.807, 2.05) is 0 Å². The van der Waals surface area contributed by atoms with E-state index in [9.17, 15) is 16.8 Å². The summed E-state index contributed by atoms with van der Waals surface area (Å²) in [7, 11) is -9.22. The van der Waals surface area contributed by atoms with Crippen LogP contribution in [0.3, 0.4) is 0 Å². The van der Waals surface area contributed by atoms with Crippen molar-refractivity contribution >= 4 is 31.6 Å². The molecule has 0 spiro atoms. The van der Waals surface area contributed by atoms with Gasteiger partial charge in [0.25, 0.3) is 20.2 Å². The Bertz CT molecular complexity index is 753. The zero-order valence-electron chi connectivity index (χ0n) is 9.22. The van der Waals surface area contributed by atoms with Crippen molar-refractivity contribution in [2.24, 2.45) is 0 Å². The molecule has 0 bridgehead atoms. The molecule has 0 fully saturated rings. The zero-order valence-corrected chi connectivity index (χ0v) is 11.7. The van der Waals surface area contributed by atoms with E-state index >= 15 is 0 Å². The smallest absolute Gasteiger partial charge is 0.282 e. The Labute approximate surface area is 113 Å². The van der Waals surface area contributed by atoms with Crippen molar-refractivity contribution in [2.45, 2.75) is 9.79 Å². The Morgan fingerprint density at radius 2 is 1.37 bits per heavy atom. The second kappa shape index (κ2) is 4.69. The van der Waals surface area contributed by atoms with Gasteiger partial charge in [-0.15, -0.1) is 11.3 Å². The highest BCUT2D eigenvalue weighted by molar-refractivity contribution is 7.87. The highest BCUT2D eigenvalue weighted by Crippen LogP contribution is 2.36. The molecule has 0 radical (unpaired) electrons. The summed E-state index contributed by atoms with van der Waals surface area (Å²) in [5.41, 5.74) is -0.234. The first kappa shape index (κ1) is 14.2. The summed E-state index contributed by atoms with van der Waals surface area (Å²) in [6, 6.07) is 6.35. The standard InChI is InChI=1S/C10H8O6S3/c11-18(12,13)8-4-1-5-9(19(14,15)16)10(8)7-3-2-6-17-7/h1-6H,(H,11,12,13)(H,14,15,16). The van der Waals surface area contributed by atoms with Crippen LogP contribution in [0.2, 0.25) is 0 Å². The maximum atomic E-state index is 11.3. The van der Waals surface area contributed by atoms with Crippen LogP contribution in [-0.2, 0) is 20.2 Å². The predicted molar refractivity (Wildman–Crippen MR) is 69.4 cm³/mol. The average Bonchev–Trinajstić information content (AvgIpc) is 2.78. The molecule has 0 aliphatic carbocycles. The maximum Gasteiger partial charge on any atom is 0.295 e. The minimum atomic E-state index is -4.61. The van der Waals surface area contributed by atoms with E-state index < -0.39 is 30.0 Å². The van der Waals surface area contributed by atoms with Crippen molar-refractivity contribution in [2.75, 3.05) is 0 Å². The van der Waals surface area contributed by atoms with E-state index in [4.69, 9.17) is 9.11 Å². The molecule has 6 nitrogen and oxygen atoms in total. The van der Waals surface area contributed by atoms with Gasteiger partial charge in [-0.2, -0.15) is 16.8 Å². The first-order valence-electron chi connectivity index (χ1n) is 4.83. The van der Waals surface area contributed by atoms with Crippen molar-refractivity contribution in [3.05, 3.63) is 35.7 Å². The predicted octanol–water partition coefficient (Wildman–Crippen LogP) is 1.91. The third-order valence-electron chi connectivity index (χ3n) is 2.31. The molecule has 102 valence electrons. The summed E-state index contributed by atoms with van der Waals surface area (Å²) in [4.78, 5) is -0.823. The van der Waals surface area contributed by atoms with Gasteiger partial charge < -0.3 is 0 Å². The van der Waals surface area contributed by atoms with Gasteiger partial charge in [-0.1, -0.05) is 12.1 Å². The molecule has 2 rings (SSSR count). The quantitative estimate of drug-likeness (QED) is 0.836. The fourth-order valence-corrected chi connectivity index (χ4v) is 4.05. The highest BCUT2D eigenvalue weighted by atomic mass is 32.2. The largest absolute Gasteiger partial charge is 0.295 e. The van der Waals surface area contributed by atoms with Gasteiger partial charge in [0.15, 0.2) is 0 Å². The number of benzene rings is 1. The molecule has 0 aliphatic rings. The summed E-state index contributed by atoms with van der Waals surface area (Å²) in [6.07, 6.45) is 0. The minimum absolute atomic E-state index is 0.234. The fourth-order valence-electron chi connectivity index (χ4n) is 1.60. The van der Waals surface area contributed by atoms with Crippen LogP contribution in [0, 0.1) is 0 Å². The van der Waals surface area contributed by atoms with E-state index in [0.717, 1.165) is 29.5 Å². The number of hydrogen-bond donors (Lipinski definition) is 2. The second-order valence-electron chi connectivity index (χ2n) is 3.56. The van der Waals surface area contributed by atoms with Gasteiger partial charge in [0, 0.05) is 10.4 Å². The lowest BCUT2D eigenvalue weighted by Crippen LogP contribution is -2.06. The fraction of sp³-hybridized carbons (Fsp3) is 0. The van der Waals surface area contributed by atoms with Crippen molar-refractivity contribution in [1.29, 1.82) is 0 Å². The zero-order chi connectivity index (χ0) is 14.3. The summed E-state index contributed by atoms with van der Waals surface area (Å²) in [5.74, 6) is 0. The molecule has 0 unspecified atom stereocenters. The first-order valence-corrected chi connectivity index (χ1v) is 8.59. The van der Waals surface area contributed by atoms with Crippen molar-refractivity contribution < 1.29 is 25.9 Å². The highest BCUT2D eigenvalue weighted by Gasteiger charge is 2.25. The Morgan fingerprint density at radius 3 is 1.74 bits per heavy atom. The SMILES string of the molecule is O=S(=O)(O)c1cccc(S(=O)(=O)O)c1-c1cccs1. The van der Waals surface area contributed by atoms with Crippen LogP contribution in [0.25, 0.3) is 10.4 Å². The van der Waals surface area contributed by atoms with Crippen LogP contribution in [0.1, 0.15) is 0 Å². The van der Waals surface area contributed by atoms with Gasteiger partial charge >= 0.3 is 0 Å². The molecule has 0 saturated heterocycles. The summed E-state index contributed by atoms with van der Waals surface area (Å²) < 4.78 is 63.6. The normalized spacial score (nSPS) is 12.5. The van der Waals surface area contributed by atoms with Crippen molar-refractivity contribution in [3.8, 4) is 10.4 Å². The number of rotatable bonds is 3. The first-order chi connectivity index (χ1) is 8.71. The van der Waals surface area contributed by atoms with E-state index in [0.29, 0.717) is 4.88 Å². The van der Waals surface area contributed by atoms with Crippen molar-refractivity contribution in [1.82, 2.24) is 0 Å². The third-order valence-corrected chi connectivity index (χ3v) is 4.99. The summed E-state index contributed by atoms with van der Waals surface area (Å²) in [6.45, 7) is 0. The molecular formula is C10H8O6S3. The molecule has 1 heterocycles. The van der Waals surface area contributed by atoms with Gasteiger partial charge in [-0.25, -0.2) is 0 Å². The van der Waals surface area contributed by atoms with E-state index in [-0.39, 0.29) is 5.56 Å². The molecule has 0 atom stereocenters. The van der Waals surface area contributed by atoms with E-state index in [1.165, 1.54) is 6.07 Å². The molecule has 2 N–H and O–H groups in total. The Balaban J connectivity index is 2.94. The summed E-state index contributed by atoms with van der Waals surface area (Å²) >= 11 is 1.09. The topological polar surface area (TPSA) is 109 Å². The molecule has 1 aromatic carbocycles. The molecule has 2 aromatic rings. The van der Waals surface area contributed by atoms with Crippen LogP contribution in [0.4, 0.5) is 0 Å². The Hall–Kier alpha value is -1.26. The number of thiophene rings is 1. The Kier molecular flexibility index (Phi) is 3.49. The molecule has 0 amide bonds. The molecule has 19 heavy (non-hydrogen) atoms. The third kappa shape index (κ3) is 2.85. The van der Waals surface area contributed by atoms with Gasteiger partial charge in [0.2, 0.25) is 0 Å². The van der Waals surface area contributed by atoms with Crippen molar-refractivity contribution in [3.63, 3.8) is 0 Å². The van der Waals surface area contributed by atoms with Gasteiger partial charge in [-0.3, -0.25) is 9.11 Å². The average molecular weight is 320 g/mol. The molecule has 0 aliphatic heterocycles. The van der Waals surface area contributed by atoms with Gasteiger partial charge in [0.05, 0.1) is 0 Å². The lowest BCUT2D eigenvalue weighted by Gasteiger charge is -2.09. The van der Waals surface area contributed by atoms with Crippen LogP contribution in [0.15, 0.2) is 45.5 Å². The molecule has 1 aromatic heterocycles. The van der Waals surface area contributed by atoms with E-state index in [2.05, 4.69) is 0 Å². The van der Waals surface area contributed by atoms with Crippen LogP contribution in [0.5, 0.6) is 0 Å². The summed E-state index contributed by atoms with van der Waals surface area (Å²) in [5, 5.41) is 1.61. The van der Waals surface area contributed by atoms with Crippen LogP contribution in [-0.4, -0.2) is 25.9 Å². The van der Waals surface area contributed by atoms with Gasteiger partial charge in [-0.05, 0) is 23.6 Å².